The van der Waals surface area contributed by atoms with Gasteiger partial charge < -0.3 is 14.2 Å². The molecule has 5 nitrogen and oxygen atoms in total. The van der Waals surface area contributed by atoms with Crippen LogP contribution in [0.4, 0.5) is 13.2 Å². The molecule has 0 N–H and O–H groups in total. The molecular formula is C10H9ClF3NO4. The molecule has 19 heavy (non-hydrogen) atoms. The van der Waals surface area contributed by atoms with Crippen LogP contribution in [0.3, 0.4) is 0 Å². The van der Waals surface area contributed by atoms with E-state index in [0.29, 0.717) is 0 Å². The molecule has 0 saturated carbocycles. The Labute approximate surface area is 111 Å². The van der Waals surface area contributed by atoms with Crippen LogP contribution in [0.1, 0.15) is 15.9 Å². The van der Waals surface area contributed by atoms with E-state index in [2.05, 4.69) is 14.5 Å². The Balaban J connectivity index is 3.47. The van der Waals surface area contributed by atoms with E-state index in [4.69, 9.17) is 16.3 Å². The van der Waals surface area contributed by atoms with E-state index >= 15 is 0 Å². The van der Waals surface area contributed by atoms with Crippen molar-refractivity contribution in [1.82, 2.24) is 4.98 Å². The van der Waals surface area contributed by atoms with Crippen LogP contribution in [-0.4, -0.2) is 31.5 Å². The predicted molar refractivity (Wildman–Crippen MR) is 58.4 cm³/mol. The molecule has 1 aromatic heterocycles. The number of methoxy groups -OCH3 is 2. The molecule has 0 amide bonds. The maximum absolute atomic E-state index is 12.4. The molecule has 0 unspecified atom stereocenters. The molecule has 0 bridgehead atoms. The first-order valence-electron chi connectivity index (χ1n) is 4.80. The van der Waals surface area contributed by atoms with E-state index in [9.17, 15) is 18.0 Å². The molecule has 0 spiro atoms. The average molecular weight is 300 g/mol. The van der Waals surface area contributed by atoms with Gasteiger partial charge in [-0.3, -0.25) is 0 Å². The standard InChI is InChI=1S/C10H9ClF3NO4/c1-17-8-6(9(16)18-2)7(19-10(12,13)14)5(3-11)4-15-8/h4H,3H2,1-2H3. The van der Waals surface area contributed by atoms with Crippen molar-refractivity contribution in [3.8, 4) is 11.6 Å². The number of nitrogens with zero attached hydrogens (tertiary/aromatic N) is 1. The number of hydrogen-bond donors (Lipinski definition) is 0. The van der Waals surface area contributed by atoms with Crippen molar-refractivity contribution in [2.75, 3.05) is 14.2 Å². The van der Waals surface area contributed by atoms with Gasteiger partial charge in [0.2, 0.25) is 5.88 Å². The van der Waals surface area contributed by atoms with Gasteiger partial charge in [0.25, 0.3) is 0 Å². The maximum Gasteiger partial charge on any atom is 0.573 e. The Bertz CT molecular complexity index is 479. The highest BCUT2D eigenvalue weighted by atomic mass is 35.5. The van der Waals surface area contributed by atoms with Gasteiger partial charge in [-0.1, -0.05) is 0 Å². The third-order valence-corrected chi connectivity index (χ3v) is 2.30. The molecule has 0 saturated heterocycles. The van der Waals surface area contributed by atoms with Crippen molar-refractivity contribution in [2.45, 2.75) is 12.2 Å². The average Bonchev–Trinajstić information content (AvgIpc) is 2.35. The second kappa shape index (κ2) is 5.96. The molecule has 106 valence electrons. The zero-order chi connectivity index (χ0) is 14.6. The number of carbonyl (C=O) groups excluding carboxylic acids is 1. The van der Waals surface area contributed by atoms with Crippen molar-refractivity contribution >= 4 is 17.6 Å². The van der Waals surface area contributed by atoms with Crippen molar-refractivity contribution < 1.29 is 32.2 Å². The second-order valence-electron chi connectivity index (χ2n) is 3.17. The molecule has 0 fully saturated rings. The van der Waals surface area contributed by atoms with E-state index in [0.717, 1.165) is 20.4 Å². The van der Waals surface area contributed by atoms with Crippen LogP contribution in [0.5, 0.6) is 11.6 Å². The number of hydrogen-bond acceptors (Lipinski definition) is 5. The number of pyridine rings is 1. The first-order chi connectivity index (χ1) is 8.84. The van der Waals surface area contributed by atoms with Crippen LogP contribution in [0, 0.1) is 0 Å². The summed E-state index contributed by atoms with van der Waals surface area (Å²) in [6.45, 7) is 0. The number of ether oxygens (including phenoxy) is 3. The van der Waals surface area contributed by atoms with Gasteiger partial charge in [-0.15, -0.1) is 24.8 Å². The topological polar surface area (TPSA) is 57.7 Å². The number of aromatic nitrogens is 1. The summed E-state index contributed by atoms with van der Waals surface area (Å²) in [7, 11) is 2.15. The highest BCUT2D eigenvalue weighted by Gasteiger charge is 2.36. The lowest BCUT2D eigenvalue weighted by molar-refractivity contribution is -0.275. The number of halogens is 4. The summed E-state index contributed by atoms with van der Waals surface area (Å²) in [6, 6.07) is 0. The summed E-state index contributed by atoms with van der Waals surface area (Å²) in [5.41, 5.74) is -0.680. The van der Waals surface area contributed by atoms with Gasteiger partial charge in [0.1, 0.15) is 0 Å². The number of carbonyl (C=O) groups is 1. The Morgan fingerprint density at radius 3 is 2.47 bits per heavy atom. The largest absolute Gasteiger partial charge is 0.573 e. The zero-order valence-electron chi connectivity index (χ0n) is 9.88. The van der Waals surface area contributed by atoms with Crippen molar-refractivity contribution in [2.24, 2.45) is 0 Å². The van der Waals surface area contributed by atoms with Gasteiger partial charge in [0.15, 0.2) is 11.3 Å². The first kappa shape index (κ1) is 15.4. The summed E-state index contributed by atoms with van der Waals surface area (Å²) >= 11 is 5.50. The molecule has 9 heteroatoms. The van der Waals surface area contributed by atoms with Crippen molar-refractivity contribution in [1.29, 1.82) is 0 Å². The number of esters is 1. The lowest BCUT2D eigenvalue weighted by atomic mass is 10.1. The first-order valence-corrected chi connectivity index (χ1v) is 5.33. The van der Waals surface area contributed by atoms with Crippen LogP contribution in [-0.2, 0) is 10.6 Å². The second-order valence-corrected chi connectivity index (χ2v) is 3.44. The molecule has 0 aliphatic carbocycles. The minimum absolute atomic E-state index is 0.111. The summed E-state index contributed by atoms with van der Waals surface area (Å²) < 4.78 is 50.0. The Morgan fingerprint density at radius 1 is 1.42 bits per heavy atom. The lowest BCUT2D eigenvalue weighted by Gasteiger charge is -2.16. The van der Waals surface area contributed by atoms with Crippen LogP contribution >= 0.6 is 11.6 Å². The molecule has 0 atom stereocenters. The lowest BCUT2D eigenvalue weighted by Crippen LogP contribution is -2.21. The Kier molecular flexibility index (Phi) is 4.82. The van der Waals surface area contributed by atoms with E-state index in [-0.39, 0.29) is 17.3 Å². The molecule has 0 radical (unpaired) electrons. The van der Waals surface area contributed by atoms with Gasteiger partial charge in [0.05, 0.1) is 20.1 Å². The fourth-order valence-electron chi connectivity index (χ4n) is 1.28. The van der Waals surface area contributed by atoms with Crippen LogP contribution in [0.2, 0.25) is 0 Å². The monoisotopic (exact) mass is 299 g/mol. The SMILES string of the molecule is COC(=O)c1c(OC)ncc(CCl)c1OC(F)(F)F. The summed E-state index contributed by atoms with van der Waals surface area (Å²) in [6.07, 6.45) is -3.96. The predicted octanol–water partition coefficient (Wildman–Crippen LogP) is 2.51. The molecule has 0 aliphatic heterocycles. The number of alkyl halides is 4. The molecule has 1 heterocycles. The zero-order valence-corrected chi connectivity index (χ0v) is 10.6. The fourth-order valence-corrected chi connectivity index (χ4v) is 1.47. The van der Waals surface area contributed by atoms with Gasteiger partial charge in [-0.25, -0.2) is 9.78 Å². The molecule has 1 rings (SSSR count). The van der Waals surface area contributed by atoms with E-state index in [1.807, 2.05) is 0 Å². The van der Waals surface area contributed by atoms with Gasteiger partial charge in [-0.05, 0) is 0 Å². The van der Waals surface area contributed by atoms with Crippen LogP contribution in [0.15, 0.2) is 6.20 Å². The van der Waals surface area contributed by atoms with Crippen LogP contribution in [0.25, 0.3) is 0 Å². The van der Waals surface area contributed by atoms with Gasteiger partial charge in [-0.2, -0.15) is 0 Å². The van der Waals surface area contributed by atoms with E-state index in [1.54, 1.807) is 0 Å². The maximum atomic E-state index is 12.4. The van der Waals surface area contributed by atoms with Crippen molar-refractivity contribution in [3.05, 3.63) is 17.3 Å². The molecule has 1 aromatic rings. The Morgan fingerprint density at radius 2 is 2.05 bits per heavy atom. The smallest absolute Gasteiger partial charge is 0.480 e. The quantitative estimate of drug-likeness (QED) is 0.631. The highest BCUT2D eigenvalue weighted by Crippen LogP contribution is 2.35. The highest BCUT2D eigenvalue weighted by molar-refractivity contribution is 6.17. The van der Waals surface area contributed by atoms with Crippen molar-refractivity contribution in [3.63, 3.8) is 0 Å². The fraction of sp³-hybridized carbons (Fsp3) is 0.400. The molecule has 0 aliphatic rings. The number of rotatable bonds is 4. The summed E-state index contributed by atoms with van der Waals surface area (Å²) in [5.74, 6) is -2.52. The van der Waals surface area contributed by atoms with E-state index in [1.165, 1.54) is 0 Å². The van der Waals surface area contributed by atoms with E-state index < -0.39 is 23.6 Å². The third-order valence-electron chi connectivity index (χ3n) is 2.01. The summed E-state index contributed by atoms with van der Waals surface area (Å²) in [4.78, 5) is 15.2. The molecule has 0 aromatic carbocycles. The van der Waals surface area contributed by atoms with Gasteiger partial charge in [0, 0.05) is 11.8 Å². The minimum Gasteiger partial charge on any atom is -0.480 e. The summed E-state index contributed by atoms with van der Waals surface area (Å²) in [5, 5.41) is 0. The van der Waals surface area contributed by atoms with Crippen LogP contribution < -0.4 is 9.47 Å². The Hall–Kier alpha value is -1.70. The normalized spacial score (nSPS) is 11.1. The van der Waals surface area contributed by atoms with Gasteiger partial charge >= 0.3 is 12.3 Å². The minimum atomic E-state index is -4.99. The molecular weight excluding hydrogens is 291 g/mol. The third kappa shape index (κ3) is 3.63.